The second-order valence-corrected chi connectivity index (χ2v) is 5.46. The normalized spacial score (nSPS) is 10.3. The largest absolute Gasteiger partial charge is 0.496 e. The molecule has 1 amide bonds. The third kappa shape index (κ3) is 4.60. The van der Waals surface area contributed by atoms with Gasteiger partial charge in [-0.25, -0.2) is 4.68 Å². The molecule has 0 aliphatic heterocycles. The second kappa shape index (κ2) is 8.00. The zero-order valence-electron chi connectivity index (χ0n) is 14.4. The summed E-state index contributed by atoms with van der Waals surface area (Å²) >= 11 is 0. The number of benzene rings is 2. The van der Waals surface area contributed by atoms with E-state index in [-0.39, 0.29) is 29.5 Å². The molecule has 0 radical (unpaired) electrons. The van der Waals surface area contributed by atoms with Gasteiger partial charge in [-0.2, -0.15) is 5.10 Å². The second-order valence-electron chi connectivity index (χ2n) is 5.46. The van der Waals surface area contributed by atoms with Gasteiger partial charge in [0, 0.05) is 18.3 Å². The molecule has 9 nitrogen and oxygen atoms in total. The Morgan fingerprint density at radius 3 is 2.67 bits per heavy atom. The van der Waals surface area contributed by atoms with Crippen molar-refractivity contribution in [2.75, 3.05) is 12.4 Å². The van der Waals surface area contributed by atoms with Crippen molar-refractivity contribution < 1.29 is 19.2 Å². The Bertz CT molecular complexity index is 955. The number of ether oxygens (including phenoxy) is 2. The standard InChI is InChI=1S/C18H16N4O5/c1-26-16-10-13(9-14(11-16)22(24)25)19-18(23)17-7-8-21(20-17)12-27-15-5-3-2-4-6-15/h2-11H,12H2,1H3,(H,19,23). The SMILES string of the molecule is COc1cc(NC(=O)c2ccn(COc3ccccc3)n2)cc([N+](=O)[O-])c1. The van der Waals surface area contributed by atoms with Gasteiger partial charge in [-0.15, -0.1) is 0 Å². The molecule has 1 N–H and O–H groups in total. The number of non-ortho nitro benzene ring substituents is 1. The van der Waals surface area contributed by atoms with Gasteiger partial charge in [0.1, 0.15) is 11.5 Å². The molecule has 2 aromatic carbocycles. The Kier molecular flexibility index (Phi) is 5.31. The number of amides is 1. The Balaban J connectivity index is 1.67. The topological polar surface area (TPSA) is 109 Å². The lowest BCUT2D eigenvalue weighted by Gasteiger charge is -2.07. The van der Waals surface area contributed by atoms with E-state index in [2.05, 4.69) is 10.4 Å². The fourth-order valence-electron chi connectivity index (χ4n) is 2.29. The van der Waals surface area contributed by atoms with Crippen LogP contribution in [0, 0.1) is 10.1 Å². The molecule has 0 spiro atoms. The summed E-state index contributed by atoms with van der Waals surface area (Å²) in [5.74, 6) is 0.444. The van der Waals surface area contributed by atoms with Crippen LogP contribution >= 0.6 is 0 Å². The van der Waals surface area contributed by atoms with Gasteiger partial charge in [-0.3, -0.25) is 14.9 Å². The van der Waals surface area contributed by atoms with Crippen molar-refractivity contribution in [1.82, 2.24) is 9.78 Å². The predicted molar refractivity (Wildman–Crippen MR) is 96.9 cm³/mol. The fraction of sp³-hybridized carbons (Fsp3) is 0.111. The molecule has 138 valence electrons. The number of anilines is 1. The van der Waals surface area contributed by atoms with E-state index < -0.39 is 10.8 Å². The first-order valence-electron chi connectivity index (χ1n) is 7.91. The highest BCUT2D eigenvalue weighted by atomic mass is 16.6. The Morgan fingerprint density at radius 1 is 1.19 bits per heavy atom. The zero-order chi connectivity index (χ0) is 19.2. The van der Waals surface area contributed by atoms with Crippen molar-refractivity contribution in [3.8, 4) is 11.5 Å². The van der Waals surface area contributed by atoms with E-state index in [0.717, 1.165) is 0 Å². The summed E-state index contributed by atoms with van der Waals surface area (Å²) in [4.78, 5) is 22.8. The third-order valence-corrected chi connectivity index (χ3v) is 3.58. The molecule has 3 aromatic rings. The number of rotatable bonds is 7. The van der Waals surface area contributed by atoms with Crippen LogP contribution in [0.1, 0.15) is 10.5 Å². The number of carbonyl (C=O) groups is 1. The highest BCUT2D eigenvalue weighted by Gasteiger charge is 2.14. The number of para-hydroxylation sites is 1. The molecule has 0 aliphatic rings. The minimum absolute atomic E-state index is 0.141. The van der Waals surface area contributed by atoms with E-state index in [0.29, 0.717) is 5.75 Å². The number of hydrogen-bond acceptors (Lipinski definition) is 6. The van der Waals surface area contributed by atoms with E-state index in [1.54, 1.807) is 6.20 Å². The minimum atomic E-state index is -0.562. The number of methoxy groups -OCH3 is 1. The molecule has 3 rings (SSSR count). The maximum absolute atomic E-state index is 12.3. The molecule has 0 atom stereocenters. The predicted octanol–water partition coefficient (Wildman–Crippen LogP) is 3.09. The van der Waals surface area contributed by atoms with Crippen LogP contribution in [0.3, 0.4) is 0 Å². The number of nitro groups is 1. The summed E-state index contributed by atoms with van der Waals surface area (Å²) in [7, 11) is 1.39. The zero-order valence-corrected chi connectivity index (χ0v) is 14.4. The maximum Gasteiger partial charge on any atom is 0.276 e. The number of nitro benzene ring substituents is 1. The van der Waals surface area contributed by atoms with Crippen LogP contribution in [-0.2, 0) is 6.73 Å². The molecule has 1 aromatic heterocycles. The molecule has 0 saturated carbocycles. The molecule has 0 fully saturated rings. The van der Waals surface area contributed by atoms with E-state index in [1.807, 2.05) is 30.3 Å². The highest BCUT2D eigenvalue weighted by Crippen LogP contribution is 2.26. The van der Waals surface area contributed by atoms with Gasteiger partial charge in [0.2, 0.25) is 0 Å². The lowest BCUT2D eigenvalue weighted by molar-refractivity contribution is -0.384. The van der Waals surface area contributed by atoms with Gasteiger partial charge in [-0.1, -0.05) is 18.2 Å². The lowest BCUT2D eigenvalue weighted by atomic mass is 10.2. The van der Waals surface area contributed by atoms with Crippen LogP contribution in [-0.4, -0.2) is 27.7 Å². The van der Waals surface area contributed by atoms with Crippen LogP contribution in [0.5, 0.6) is 11.5 Å². The van der Waals surface area contributed by atoms with Crippen LogP contribution in [0.25, 0.3) is 0 Å². The number of nitrogens with one attached hydrogen (secondary N) is 1. The van der Waals surface area contributed by atoms with E-state index in [4.69, 9.17) is 9.47 Å². The molecule has 9 heteroatoms. The average Bonchev–Trinajstić information content (AvgIpc) is 3.16. The number of aromatic nitrogens is 2. The van der Waals surface area contributed by atoms with Crippen LogP contribution in [0.15, 0.2) is 60.8 Å². The van der Waals surface area contributed by atoms with E-state index >= 15 is 0 Å². The molecular formula is C18H16N4O5. The van der Waals surface area contributed by atoms with Crippen molar-refractivity contribution >= 4 is 17.3 Å². The Hall–Kier alpha value is -3.88. The van der Waals surface area contributed by atoms with Crippen molar-refractivity contribution in [2.24, 2.45) is 0 Å². The molecular weight excluding hydrogens is 352 g/mol. The fourth-order valence-corrected chi connectivity index (χ4v) is 2.29. The maximum atomic E-state index is 12.3. The van der Waals surface area contributed by atoms with Crippen molar-refractivity contribution in [2.45, 2.75) is 6.73 Å². The molecule has 0 saturated heterocycles. The molecule has 27 heavy (non-hydrogen) atoms. The van der Waals surface area contributed by atoms with Crippen molar-refractivity contribution in [1.29, 1.82) is 0 Å². The minimum Gasteiger partial charge on any atom is -0.496 e. The quantitative estimate of drug-likeness (QED) is 0.507. The summed E-state index contributed by atoms with van der Waals surface area (Å²) in [5.41, 5.74) is 0.199. The first kappa shape index (κ1) is 17.9. The number of nitrogens with zero attached hydrogens (tertiary/aromatic N) is 3. The van der Waals surface area contributed by atoms with Crippen molar-refractivity contribution in [3.63, 3.8) is 0 Å². The third-order valence-electron chi connectivity index (χ3n) is 3.58. The van der Waals surface area contributed by atoms with Gasteiger partial charge in [-0.05, 0) is 18.2 Å². The first-order valence-corrected chi connectivity index (χ1v) is 7.91. The summed E-state index contributed by atoms with van der Waals surface area (Å²) in [6.45, 7) is 0.141. The van der Waals surface area contributed by atoms with Gasteiger partial charge in [0.05, 0.1) is 23.8 Å². The summed E-state index contributed by atoms with van der Waals surface area (Å²) in [6, 6.07) is 14.7. The molecule has 0 aliphatic carbocycles. The van der Waals surface area contributed by atoms with Gasteiger partial charge in [0.15, 0.2) is 12.4 Å². The summed E-state index contributed by atoms with van der Waals surface area (Å²) in [5, 5.41) is 17.7. The number of carbonyl (C=O) groups excluding carboxylic acids is 1. The lowest BCUT2D eigenvalue weighted by Crippen LogP contribution is -2.14. The van der Waals surface area contributed by atoms with Crippen LogP contribution < -0.4 is 14.8 Å². The molecule has 0 unspecified atom stereocenters. The molecule has 0 bridgehead atoms. The first-order chi connectivity index (χ1) is 13.0. The van der Waals surface area contributed by atoms with Gasteiger partial charge >= 0.3 is 0 Å². The molecule has 1 heterocycles. The van der Waals surface area contributed by atoms with Crippen LogP contribution in [0.4, 0.5) is 11.4 Å². The summed E-state index contributed by atoms with van der Waals surface area (Å²) < 4.78 is 12.0. The van der Waals surface area contributed by atoms with Gasteiger partial charge in [0.25, 0.3) is 11.6 Å². The van der Waals surface area contributed by atoms with Gasteiger partial charge < -0.3 is 14.8 Å². The van der Waals surface area contributed by atoms with Crippen molar-refractivity contribution in [3.05, 3.63) is 76.6 Å². The number of hydrogen-bond donors (Lipinski definition) is 1. The monoisotopic (exact) mass is 368 g/mol. The van der Waals surface area contributed by atoms with E-state index in [9.17, 15) is 14.9 Å². The average molecular weight is 368 g/mol. The smallest absolute Gasteiger partial charge is 0.276 e. The van der Waals surface area contributed by atoms with E-state index in [1.165, 1.54) is 36.1 Å². The van der Waals surface area contributed by atoms with Crippen LogP contribution in [0.2, 0.25) is 0 Å². The summed E-state index contributed by atoms with van der Waals surface area (Å²) in [6.07, 6.45) is 1.60. The Morgan fingerprint density at radius 2 is 1.96 bits per heavy atom. The highest BCUT2D eigenvalue weighted by molar-refractivity contribution is 6.03. The Labute approximate surface area is 154 Å².